The molecule has 0 unspecified atom stereocenters. The predicted octanol–water partition coefficient (Wildman–Crippen LogP) is 2.50. The van der Waals surface area contributed by atoms with E-state index >= 15 is 0 Å². The number of likely N-dealkylation sites (tertiary alicyclic amines) is 1. The van der Waals surface area contributed by atoms with Crippen LogP contribution in [0.3, 0.4) is 0 Å². The summed E-state index contributed by atoms with van der Waals surface area (Å²) in [6, 6.07) is 7.77. The van der Waals surface area contributed by atoms with Crippen molar-refractivity contribution in [1.29, 1.82) is 0 Å². The van der Waals surface area contributed by atoms with Crippen molar-refractivity contribution in [2.24, 2.45) is 0 Å². The second kappa shape index (κ2) is 7.60. The lowest BCUT2D eigenvalue weighted by Crippen LogP contribution is -2.45. The van der Waals surface area contributed by atoms with Gasteiger partial charge in [-0.15, -0.1) is 0 Å². The zero-order valence-corrected chi connectivity index (χ0v) is 14.9. The van der Waals surface area contributed by atoms with Crippen LogP contribution in [-0.2, 0) is 22.6 Å². The first kappa shape index (κ1) is 17.2. The van der Waals surface area contributed by atoms with Gasteiger partial charge in [0.25, 0.3) is 0 Å². The number of hydrogen-bond donors (Lipinski definition) is 1. The van der Waals surface area contributed by atoms with Crippen LogP contribution in [0.15, 0.2) is 47.3 Å². The van der Waals surface area contributed by atoms with Gasteiger partial charge < -0.3 is 14.5 Å². The van der Waals surface area contributed by atoms with E-state index in [1.165, 1.54) is 5.56 Å². The molecule has 2 fully saturated rings. The summed E-state index contributed by atoms with van der Waals surface area (Å²) in [5, 5.41) is 2.92. The van der Waals surface area contributed by atoms with Crippen LogP contribution in [0.1, 0.15) is 37.0 Å². The Bertz CT molecular complexity index is 709. The first-order valence-electron chi connectivity index (χ1n) is 9.32. The molecular formula is C20H25N3O3. The molecule has 1 amide bonds. The lowest BCUT2D eigenvalue weighted by Gasteiger charge is -2.39. The maximum absolute atomic E-state index is 12.4. The average molecular weight is 355 g/mol. The van der Waals surface area contributed by atoms with Crippen molar-refractivity contribution in [3.05, 3.63) is 54.2 Å². The second-order valence-electron chi connectivity index (χ2n) is 7.26. The largest absolute Gasteiger partial charge is 0.467 e. The smallest absolute Gasteiger partial charge is 0.249 e. The van der Waals surface area contributed by atoms with E-state index < -0.39 is 0 Å². The first-order chi connectivity index (χ1) is 12.7. The maximum Gasteiger partial charge on any atom is 0.249 e. The van der Waals surface area contributed by atoms with Crippen LogP contribution in [-0.4, -0.2) is 40.6 Å². The lowest BCUT2D eigenvalue weighted by molar-refractivity contribution is -0.141. The number of amides is 1. The number of furan rings is 1. The standard InChI is InChI=1S/C20H25N3O3/c24-19(22-14-17-4-2-12-25-17)18-5-6-20(26-18)7-10-23(11-8-20)15-16-3-1-9-21-13-16/h1-4,9,12-13,18H,5-8,10-11,14-15H2,(H,22,24)/t18-/m0/s1. The summed E-state index contributed by atoms with van der Waals surface area (Å²) < 4.78 is 11.5. The first-order valence-corrected chi connectivity index (χ1v) is 9.32. The molecule has 0 bridgehead atoms. The second-order valence-corrected chi connectivity index (χ2v) is 7.26. The van der Waals surface area contributed by atoms with Crippen molar-refractivity contribution >= 4 is 5.91 Å². The van der Waals surface area contributed by atoms with Crippen molar-refractivity contribution in [3.8, 4) is 0 Å². The lowest BCUT2D eigenvalue weighted by atomic mass is 9.88. The van der Waals surface area contributed by atoms with Crippen molar-refractivity contribution in [2.75, 3.05) is 13.1 Å². The molecule has 138 valence electrons. The molecule has 4 rings (SSSR count). The van der Waals surface area contributed by atoms with E-state index in [1.54, 1.807) is 12.5 Å². The minimum atomic E-state index is -0.338. The molecule has 4 heterocycles. The minimum absolute atomic E-state index is 0.0314. The van der Waals surface area contributed by atoms with E-state index in [0.29, 0.717) is 6.54 Å². The maximum atomic E-state index is 12.4. The van der Waals surface area contributed by atoms with Crippen molar-refractivity contribution in [1.82, 2.24) is 15.2 Å². The van der Waals surface area contributed by atoms with Crippen molar-refractivity contribution in [2.45, 2.75) is 50.5 Å². The molecule has 0 aliphatic carbocycles. The number of ether oxygens (including phenoxy) is 1. The van der Waals surface area contributed by atoms with Crippen molar-refractivity contribution < 1.29 is 13.9 Å². The predicted molar refractivity (Wildman–Crippen MR) is 96.1 cm³/mol. The van der Waals surface area contributed by atoms with Crippen LogP contribution in [0, 0.1) is 0 Å². The molecule has 26 heavy (non-hydrogen) atoms. The van der Waals surface area contributed by atoms with Gasteiger partial charge in [-0.25, -0.2) is 0 Å². The number of rotatable bonds is 5. The molecule has 1 spiro atoms. The number of nitrogens with zero attached hydrogens (tertiary/aromatic N) is 2. The summed E-state index contributed by atoms with van der Waals surface area (Å²) in [6.07, 6.45) is 8.73. The highest BCUT2D eigenvalue weighted by Gasteiger charge is 2.44. The fourth-order valence-corrected chi connectivity index (χ4v) is 3.94. The Hall–Kier alpha value is -2.18. The summed E-state index contributed by atoms with van der Waals surface area (Å²) in [4.78, 5) is 19.0. The molecule has 2 saturated heterocycles. The highest BCUT2D eigenvalue weighted by Crippen LogP contribution is 2.39. The number of piperidine rings is 1. The summed E-state index contributed by atoms with van der Waals surface area (Å²) in [7, 11) is 0. The summed E-state index contributed by atoms with van der Waals surface area (Å²) in [5.74, 6) is 0.728. The highest BCUT2D eigenvalue weighted by molar-refractivity contribution is 5.81. The molecule has 2 aliphatic rings. The molecule has 1 N–H and O–H groups in total. The third-order valence-electron chi connectivity index (χ3n) is 5.46. The van der Waals surface area contributed by atoms with Gasteiger partial charge >= 0.3 is 0 Å². The monoisotopic (exact) mass is 355 g/mol. The summed E-state index contributed by atoms with van der Waals surface area (Å²) >= 11 is 0. The SMILES string of the molecule is O=C(NCc1ccco1)[C@@H]1CCC2(CCN(Cc3cccnc3)CC2)O1. The molecule has 2 aromatic rings. The van der Waals surface area contributed by atoms with E-state index in [9.17, 15) is 4.79 Å². The minimum Gasteiger partial charge on any atom is -0.467 e. The van der Waals surface area contributed by atoms with Gasteiger partial charge in [-0.05, 0) is 49.4 Å². The molecule has 0 aromatic carbocycles. The quantitative estimate of drug-likeness (QED) is 0.893. The molecular weight excluding hydrogens is 330 g/mol. The van der Waals surface area contributed by atoms with Crippen LogP contribution < -0.4 is 5.32 Å². The topological polar surface area (TPSA) is 67.6 Å². The average Bonchev–Trinajstić information content (AvgIpc) is 3.33. The zero-order valence-electron chi connectivity index (χ0n) is 14.9. The Balaban J connectivity index is 1.25. The van der Waals surface area contributed by atoms with Gasteiger partial charge in [-0.3, -0.25) is 14.7 Å². The van der Waals surface area contributed by atoms with Gasteiger partial charge in [0, 0.05) is 32.0 Å². The Morgan fingerprint density at radius 1 is 1.27 bits per heavy atom. The molecule has 0 radical (unpaired) electrons. The third kappa shape index (κ3) is 3.97. The number of hydrogen-bond acceptors (Lipinski definition) is 5. The van der Waals surface area contributed by atoms with Crippen LogP contribution in [0.2, 0.25) is 0 Å². The fraction of sp³-hybridized carbons (Fsp3) is 0.500. The highest BCUT2D eigenvalue weighted by atomic mass is 16.5. The number of nitrogens with one attached hydrogen (secondary N) is 1. The van der Waals surface area contributed by atoms with E-state index in [2.05, 4.69) is 21.3 Å². The number of pyridine rings is 1. The van der Waals surface area contributed by atoms with Crippen LogP contribution in [0.5, 0.6) is 0 Å². The van der Waals surface area contributed by atoms with Gasteiger partial charge in [0.1, 0.15) is 11.9 Å². The molecule has 2 aromatic heterocycles. The molecule has 6 nitrogen and oxygen atoms in total. The van der Waals surface area contributed by atoms with E-state index in [1.807, 2.05) is 24.4 Å². The number of aromatic nitrogens is 1. The third-order valence-corrected chi connectivity index (χ3v) is 5.46. The Labute approximate surface area is 153 Å². The van der Waals surface area contributed by atoms with Gasteiger partial charge in [0.2, 0.25) is 5.91 Å². The zero-order chi connectivity index (χ0) is 17.8. The Morgan fingerprint density at radius 2 is 2.15 bits per heavy atom. The van der Waals surface area contributed by atoms with E-state index in [4.69, 9.17) is 9.15 Å². The molecule has 2 aliphatic heterocycles. The molecule has 1 atom stereocenters. The van der Waals surface area contributed by atoms with E-state index in [0.717, 1.165) is 51.1 Å². The van der Waals surface area contributed by atoms with Crippen LogP contribution >= 0.6 is 0 Å². The van der Waals surface area contributed by atoms with Gasteiger partial charge in [-0.2, -0.15) is 0 Å². The Morgan fingerprint density at radius 3 is 2.88 bits per heavy atom. The Kier molecular flexibility index (Phi) is 5.04. The van der Waals surface area contributed by atoms with Crippen LogP contribution in [0.25, 0.3) is 0 Å². The number of carbonyl (C=O) groups is 1. The number of carbonyl (C=O) groups excluding carboxylic acids is 1. The summed E-state index contributed by atoms with van der Waals surface area (Å²) in [5.41, 5.74) is 1.11. The van der Waals surface area contributed by atoms with E-state index in [-0.39, 0.29) is 17.6 Å². The fourth-order valence-electron chi connectivity index (χ4n) is 3.94. The summed E-state index contributed by atoms with van der Waals surface area (Å²) in [6.45, 7) is 3.33. The normalized spacial score (nSPS) is 22.5. The van der Waals surface area contributed by atoms with Crippen molar-refractivity contribution in [3.63, 3.8) is 0 Å². The molecule has 6 heteroatoms. The van der Waals surface area contributed by atoms with Crippen LogP contribution in [0.4, 0.5) is 0 Å². The van der Waals surface area contributed by atoms with Gasteiger partial charge in [0.05, 0.1) is 18.4 Å². The van der Waals surface area contributed by atoms with Gasteiger partial charge in [-0.1, -0.05) is 6.07 Å². The van der Waals surface area contributed by atoms with Gasteiger partial charge in [0.15, 0.2) is 0 Å². The molecule has 0 saturated carbocycles.